The van der Waals surface area contributed by atoms with E-state index in [-0.39, 0.29) is 0 Å². The van der Waals surface area contributed by atoms with Crippen LogP contribution < -0.4 is 0 Å². The summed E-state index contributed by atoms with van der Waals surface area (Å²) in [5, 5.41) is 0. The Bertz CT molecular complexity index is 429. The van der Waals surface area contributed by atoms with Gasteiger partial charge in [-0.25, -0.2) is 0 Å². The molecule has 0 saturated heterocycles. The Morgan fingerprint density at radius 1 is 1.00 bits per heavy atom. The summed E-state index contributed by atoms with van der Waals surface area (Å²) in [7, 11) is 0. The fourth-order valence-corrected chi connectivity index (χ4v) is 2.52. The highest BCUT2D eigenvalue weighted by Gasteiger charge is 2.15. The van der Waals surface area contributed by atoms with Gasteiger partial charge in [0.25, 0.3) is 0 Å². The third kappa shape index (κ3) is 4.77. The van der Waals surface area contributed by atoms with Crippen molar-refractivity contribution in [2.24, 2.45) is 0 Å². The first kappa shape index (κ1) is 16.9. The van der Waals surface area contributed by atoms with Gasteiger partial charge in [0.15, 0.2) is 5.78 Å². The lowest BCUT2D eigenvalue weighted by Crippen LogP contribution is -2.06. The molecule has 0 fully saturated rings. The number of ketones is 1. The Balaban J connectivity index is 2.85. The average molecular weight is 274 g/mol. The van der Waals surface area contributed by atoms with Gasteiger partial charge < -0.3 is 0 Å². The van der Waals surface area contributed by atoms with E-state index >= 15 is 0 Å². The molecule has 0 amide bonds. The van der Waals surface area contributed by atoms with Gasteiger partial charge in [0.05, 0.1) is 0 Å². The van der Waals surface area contributed by atoms with Crippen molar-refractivity contribution < 1.29 is 4.79 Å². The van der Waals surface area contributed by atoms with E-state index in [0.717, 1.165) is 12.0 Å². The molecule has 1 nitrogen and oxygen atoms in total. The van der Waals surface area contributed by atoms with Gasteiger partial charge in [-0.1, -0.05) is 72.1 Å². The number of carbonyl (C=O) groups excluding carboxylic acids is 1. The Morgan fingerprint density at radius 3 is 2.25 bits per heavy atom. The lowest BCUT2D eigenvalue weighted by molar-refractivity contribution is 0.0978. The van der Waals surface area contributed by atoms with E-state index in [2.05, 4.69) is 46.8 Å². The molecule has 1 aromatic rings. The Labute approximate surface area is 124 Å². The van der Waals surface area contributed by atoms with Crippen LogP contribution in [0, 0.1) is 0 Å². The van der Waals surface area contributed by atoms with E-state index in [1.54, 1.807) is 0 Å². The highest BCUT2D eigenvalue weighted by atomic mass is 16.1. The van der Waals surface area contributed by atoms with E-state index in [0.29, 0.717) is 24.0 Å². The van der Waals surface area contributed by atoms with Crippen LogP contribution >= 0.6 is 0 Å². The van der Waals surface area contributed by atoms with Gasteiger partial charge in [-0.3, -0.25) is 4.79 Å². The van der Waals surface area contributed by atoms with Crippen LogP contribution in [-0.4, -0.2) is 5.78 Å². The van der Waals surface area contributed by atoms with Gasteiger partial charge in [-0.2, -0.15) is 0 Å². The molecule has 1 heteroatoms. The smallest absolute Gasteiger partial charge is 0.163 e. The fraction of sp³-hybridized carbons (Fsp3) is 0.632. The molecule has 0 bridgehead atoms. The monoisotopic (exact) mass is 274 g/mol. The van der Waals surface area contributed by atoms with Gasteiger partial charge in [-0.15, -0.1) is 0 Å². The van der Waals surface area contributed by atoms with Crippen LogP contribution in [0.5, 0.6) is 0 Å². The first-order chi connectivity index (χ1) is 9.47. The van der Waals surface area contributed by atoms with Crippen molar-refractivity contribution in [3.63, 3.8) is 0 Å². The molecule has 1 rings (SSSR count). The van der Waals surface area contributed by atoms with Crippen molar-refractivity contribution in [1.82, 2.24) is 0 Å². The van der Waals surface area contributed by atoms with Crippen LogP contribution in [0.1, 0.15) is 100 Å². The van der Waals surface area contributed by atoms with Gasteiger partial charge in [0, 0.05) is 12.0 Å². The minimum Gasteiger partial charge on any atom is -0.294 e. The second kappa shape index (κ2) is 8.24. The normalized spacial score (nSPS) is 11.3. The molecule has 0 aliphatic heterocycles. The lowest BCUT2D eigenvalue weighted by atomic mass is 9.89. The van der Waals surface area contributed by atoms with Crippen molar-refractivity contribution in [1.29, 1.82) is 0 Å². The van der Waals surface area contributed by atoms with E-state index in [9.17, 15) is 4.79 Å². The van der Waals surface area contributed by atoms with E-state index in [4.69, 9.17) is 0 Å². The maximum Gasteiger partial charge on any atom is 0.163 e. The standard InChI is InChI=1S/C19H30O/c1-6-7-8-9-10-19(20)17-12-11-16(14(2)3)13-18(17)15(4)5/h11-15H,6-10H2,1-5H3. The molecule has 0 aromatic heterocycles. The van der Waals surface area contributed by atoms with E-state index in [1.807, 2.05) is 6.07 Å². The zero-order valence-corrected chi connectivity index (χ0v) is 13.8. The molecular formula is C19H30O. The zero-order chi connectivity index (χ0) is 15.1. The fourth-order valence-electron chi connectivity index (χ4n) is 2.52. The predicted molar refractivity (Wildman–Crippen MR) is 87.7 cm³/mol. The SMILES string of the molecule is CCCCCCC(=O)c1ccc(C(C)C)cc1C(C)C. The number of unbranched alkanes of at least 4 members (excludes halogenated alkanes) is 3. The maximum absolute atomic E-state index is 12.4. The number of carbonyl (C=O) groups is 1. The van der Waals surface area contributed by atoms with E-state index < -0.39 is 0 Å². The minimum atomic E-state index is 0.320. The van der Waals surface area contributed by atoms with Crippen LogP contribution in [0.15, 0.2) is 18.2 Å². The summed E-state index contributed by atoms with van der Waals surface area (Å²) in [5.74, 6) is 1.24. The summed E-state index contributed by atoms with van der Waals surface area (Å²) >= 11 is 0. The van der Waals surface area contributed by atoms with Gasteiger partial charge >= 0.3 is 0 Å². The topological polar surface area (TPSA) is 17.1 Å². The summed E-state index contributed by atoms with van der Waals surface area (Å²) in [6.45, 7) is 10.9. The second-order valence-electron chi connectivity index (χ2n) is 6.39. The molecule has 1 aromatic carbocycles. The van der Waals surface area contributed by atoms with E-state index in [1.165, 1.54) is 30.4 Å². The summed E-state index contributed by atoms with van der Waals surface area (Å²) in [4.78, 5) is 12.4. The van der Waals surface area contributed by atoms with Crippen LogP contribution in [0.25, 0.3) is 0 Å². The number of benzene rings is 1. The summed E-state index contributed by atoms with van der Waals surface area (Å²) in [6, 6.07) is 6.40. The number of hydrogen-bond acceptors (Lipinski definition) is 1. The highest BCUT2D eigenvalue weighted by molar-refractivity contribution is 5.97. The molecule has 0 heterocycles. The van der Waals surface area contributed by atoms with Crippen LogP contribution in [-0.2, 0) is 0 Å². The van der Waals surface area contributed by atoms with Crippen LogP contribution in [0.2, 0.25) is 0 Å². The minimum absolute atomic E-state index is 0.320. The van der Waals surface area contributed by atoms with Crippen LogP contribution in [0.3, 0.4) is 0 Å². The molecule has 0 N–H and O–H groups in total. The average Bonchev–Trinajstić information content (AvgIpc) is 2.42. The molecule has 0 radical (unpaired) electrons. The largest absolute Gasteiger partial charge is 0.294 e. The molecule has 112 valence electrons. The summed E-state index contributed by atoms with van der Waals surface area (Å²) in [6.07, 6.45) is 5.34. The molecule has 0 saturated carbocycles. The van der Waals surface area contributed by atoms with Crippen molar-refractivity contribution in [2.45, 2.75) is 78.6 Å². The Kier molecular flexibility index (Phi) is 6.98. The predicted octanol–water partition coefficient (Wildman–Crippen LogP) is 6.09. The third-order valence-electron chi connectivity index (χ3n) is 3.92. The molecule has 20 heavy (non-hydrogen) atoms. The zero-order valence-electron chi connectivity index (χ0n) is 13.8. The Hall–Kier alpha value is -1.11. The van der Waals surface area contributed by atoms with Gasteiger partial charge in [0.1, 0.15) is 0 Å². The summed E-state index contributed by atoms with van der Waals surface area (Å²) in [5.41, 5.74) is 3.49. The maximum atomic E-state index is 12.4. The number of hydrogen-bond donors (Lipinski definition) is 0. The van der Waals surface area contributed by atoms with Crippen LogP contribution in [0.4, 0.5) is 0 Å². The first-order valence-corrected chi connectivity index (χ1v) is 8.14. The molecular weight excluding hydrogens is 244 g/mol. The Morgan fingerprint density at radius 2 is 1.70 bits per heavy atom. The van der Waals surface area contributed by atoms with Gasteiger partial charge in [0.2, 0.25) is 0 Å². The number of rotatable bonds is 8. The molecule has 0 aliphatic carbocycles. The quantitative estimate of drug-likeness (QED) is 0.414. The molecule has 0 unspecified atom stereocenters. The number of Topliss-reactive ketones (excluding diaryl/α,β-unsaturated/α-hetero) is 1. The molecule has 0 atom stereocenters. The third-order valence-corrected chi connectivity index (χ3v) is 3.92. The molecule has 0 aliphatic rings. The van der Waals surface area contributed by atoms with Gasteiger partial charge in [-0.05, 0) is 29.4 Å². The first-order valence-electron chi connectivity index (χ1n) is 8.14. The second-order valence-corrected chi connectivity index (χ2v) is 6.39. The van der Waals surface area contributed by atoms with Crippen molar-refractivity contribution >= 4 is 5.78 Å². The summed E-state index contributed by atoms with van der Waals surface area (Å²) < 4.78 is 0. The van der Waals surface area contributed by atoms with Crippen molar-refractivity contribution in [3.8, 4) is 0 Å². The highest BCUT2D eigenvalue weighted by Crippen LogP contribution is 2.26. The van der Waals surface area contributed by atoms with Crippen molar-refractivity contribution in [3.05, 3.63) is 34.9 Å². The lowest BCUT2D eigenvalue weighted by Gasteiger charge is -2.15. The molecule has 0 spiro atoms. The van der Waals surface area contributed by atoms with Crippen molar-refractivity contribution in [2.75, 3.05) is 0 Å².